The van der Waals surface area contributed by atoms with Crippen LogP contribution in [0.5, 0.6) is 0 Å². The second kappa shape index (κ2) is 5.05. The van der Waals surface area contributed by atoms with Crippen LogP contribution in [-0.4, -0.2) is 16.4 Å². The highest BCUT2D eigenvalue weighted by atomic mass is 32.2. The second-order valence-electron chi connectivity index (χ2n) is 3.40. The first-order valence-electron chi connectivity index (χ1n) is 4.85. The van der Waals surface area contributed by atoms with E-state index in [1.54, 1.807) is 29.6 Å². The van der Waals surface area contributed by atoms with Crippen LogP contribution in [0.3, 0.4) is 0 Å². The molecule has 1 heterocycles. The summed E-state index contributed by atoms with van der Waals surface area (Å²) in [6.45, 7) is 0. The highest BCUT2D eigenvalue weighted by molar-refractivity contribution is 8.16. The van der Waals surface area contributed by atoms with Crippen molar-refractivity contribution in [2.45, 2.75) is 11.0 Å². The minimum atomic E-state index is -0.764. The average Bonchev–Trinajstić information content (AvgIpc) is 2.30. The van der Waals surface area contributed by atoms with Crippen LogP contribution < -0.4 is 0 Å². The zero-order valence-electron chi connectivity index (χ0n) is 8.39. The summed E-state index contributed by atoms with van der Waals surface area (Å²) in [6.07, 6.45) is 1.16. The Balaban J connectivity index is 2.27. The minimum absolute atomic E-state index is 0.202. The summed E-state index contributed by atoms with van der Waals surface area (Å²) < 4.78 is 13.3. The third-order valence-corrected chi connectivity index (χ3v) is 5.28. The number of thioether (sulfide) groups is 2. The smallest absolute Gasteiger partial charge is 0.258 e. The molecule has 1 aromatic carbocycles. The van der Waals surface area contributed by atoms with Gasteiger partial charge in [0.15, 0.2) is 0 Å². The van der Waals surface area contributed by atoms with E-state index in [1.165, 1.54) is 12.1 Å². The SMILES string of the molecule is O=[N+]([O-])c1cc(C2SCCCS2)ccc1F. The van der Waals surface area contributed by atoms with Gasteiger partial charge in [-0.25, -0.2) is 0 Å². The van der Waals surface area contributed by atoms with Gasteiger partial charge in [0.1, 0.15) is 0 Å². The van der Waals surface area contributed by atoms with Crippen molar-refractivity contribution in [1.82, 2.24) is 0 Å². The molecular formula is C10H10FNO2S2. The van der Waals surface area contributed by atoms with Crippen molar-refractivity contribution in [2.75, 3.05) is 11.5 Å². The summed E-state index contributed by atoms with van der Waals surface area (Å²) in [4.78, 5) is 9.94. The summed E-state index contributed by atoms with van der Waals surface area (Å²) in [5.74, 6) is 1.35. The maximum Gasteiger partial charge on any atom is 0.305 e. The monoisotopic (exact) mass is 259 g/mol. The van der Waals surface area contributed by atoms with E-state index in [0.29, 0.717) is 0 Å². The van der Waals surface area contributed by atoms with Gasteiger partial charge in [0.2, 0.25) is 5.82 Å². The molecule has 0 atom stereocenters. The highest BCUT2D eigenvalue weighted by Crippen LogP contribution is 2.44. The van der Waals surface area contributed by atoms with Gasteiger partial charge in [-0.15, -0.1) is 23.5 Å². The van der Waals surface area contributed by atoms with Crippen LogP contribution in [0.15, 0.2) is 18.2 Å². The minimum Gasteiger partial charge on any atom is -0.258 e. The van der Waals surface area contributed by atoms with E-state index in [1.807, 2.05) is 0 Å². The van der Waals surface area contributed by atoms with Gasteiger partial charge in [0.05, 0.1) is 9.51 Å². The topological polar surface area (TPSA) is 43.1 Å². The van der Waals surface area contributed by atoms with Crippen molar-refractivity contribution in [3.8, 4) is 0 Å². The Morgan fingerprint density at radius 3 is 2.69 bits per heavy atom. The van der Waals surface area contributed by atoms with Gasteiger partial charge in [-0.2, -0.15) is 4.39 Å². The molecule has 1 aliphatic rings. The lowest BCUT2D eigenvalue weighted by molar-refractivity contribution is -0.387. The number of rotatable bonds is 2. The van der Waals surface area contributed by atoms with E-state index in [2.05, 4.69) is 0 Å². The lowest BCUT2D eigenvalue weighted by atomic mass is 10.2. The Kier molecular flexibility index (Phi) is 3.70. The molecule has 1 aliphatic heterocycles. The molecule has 0 aliphatic carbocycles. The molecule has 1 saturated heterocycles. The van der Waals surface area contributed by atoms with Gasteiger partial charge in [0, 0.05) is 6.07 Å². The highest BCUT2D eigenvalue weighted by Gasteiger charge is 2.21. The third-order valence-electron chi connectivity index (χ3n) is 2.27. The number of hydrogen-bond acceptors (Lipinski definition) is 4. The summed E-state index contributed by atoms with van der Waals surface area (Å²) >= 11 is 3.52. The van der Waals surface area contributed by atoms with Crippen LogP contribution in [0.1, 0.15) is 16.6 Å². The fraction of sp³-hybridized carbons (Fsp3) is 0.400. The standard InChI is InChI=1S/C10H10FNO2S2/c11-8-3-2-7(6-9(8)12(13)14)10-15-4-1-5-16-10/h2-3,6,10H,1,4-5H2. The summed E-state index contributed by atoms with van der Waals surface area (Å²) in [7, 11) is 0. The van der Waals surface area contributed by atoms with E-state index in [-0.39, 0.29) is 4.58 Å². The Hall–Kier alpha value is -0.750. The van der Waals surface area contributed by atoms with E-state index in [4.69, 9.17) is 0 Å². The van der Waals surface area contributed by atoms with Crippen molar-refractivity contribution in [3.05, 3.63) is 39.7 Å². The Morgan fingerprint density at radius 1 is 1.38 bits per heavy atom. The van der Waals surface area contributed by atoms with Gasteiger partial charge in [-0.1, -0.05) is 6.07 Å². The number of nitro groups is 1. The average molecular weight is 259 g/mol. The van der Waals surface area contributed by atoms with Crippen LogP contribution in [0.25, 0.3) is 0 Å². The molecule has 3 nitrogen and oxygen atoms in total. The molecule has 1 aromatic rings. The lowest BCUT2D eigenvalue weighted by Gasteiger charge is -2.20. The summed E-state index contributed by atoms with van der Waals surface area (Å²) in [5.41, 5.74) is 0.409. The van der Waals surface area contributed by atoms with Gasteiger partial charge in [-0.05, 0) is 29.6 Å². The normalized spacial score (nSPS) is 17.3. The first-order valence-corrected chi connectivity index (χ1v) is 6.95. The Labute approximate surface area is 101 Å². The van der Waals surface area contributed by atoms with Gasteiger partial charge >= 0.3 is 5.69 Å². The van der Waals surface area contributed by atoms with E-state index in [9.17, 15) is 14.5 Å². The number of nitro benzene ring substituents is 1. The molecule has 0 aromatic heterocycles. The quantitative estimate of drug-likeness (QED) is 0.601. The Morgan fingerprint density at radius 2 is 2.06 bits per heavy atom. The van der Waals surface area contributed by atoms with Gasteiger partial charge in [-0.3, -0.25) is 10.1 Å². The van der Waals surface area contributed by atoms with Crippen molar-refractivity contribution in [1.29, 1.82) is 0 Å². The van der Waals surface area contributed by atoms with Gasteiger partial charge in [0.25, 0.3) is 0 Å². The molecule has 1 fully saturated rings. The molecule has 0 radical (unpaired) electrons. The molecule has 16 heavy (non-hydrogen) atoms. The molecule has 0 amide bonds. The van der Waals surface area contributed by atoms with E-state index >= 15 is 0 Å². The molecule has 2 rings (SSSR count). The zero-order chi connectivity index (χ0) is 11.5. The molecule has 0 unspecified atom stereocenters. The summed E-state index contributed by atoms with van der Waals surface area (Å²) in [6, 6.07) is 4.17. The molecule has 6 heteroatoms. The fourth-order valence-electron chi connectivity index (χ4n) is 1.50. The molecule has 0 saturated carbocycles. The third kappa shape index (κ3) is 2.49. The van der Waals surface area contributed by atoms with Crippen LogP contribution in [-0.2, 0) is 0 Å². The Bertz CT molecular complexity index is 408. The fourth-order valence-corrected chi connectivity index (χ4v) is 4.37. The predicted octanol–water partition coefficient (Wildman–Crippen LogP) is 3.60. The zero-order valence-corrected chi connectivity index (χ0v) is 10.0. The molecule has 0 bridgehead atoms. The van der Waals surface area contributed by atoms with Crippen molar-refractivity contribution in [3.63, 3.8) is 0 Å². The van der Waals surface area contributed by atoms with Crippen LogP contribution in [0.2, 0.25) is 0 Å². The summed E-state index contributed by atoms with van der Waals surface area (Å²) in [5, 5.41) is 10.6. The lowest BCUT2D eigenvalue weighted by Crippen LogP contribution is -2.01. The van der Waals surface area contributed by atoms with Gasteiger partial charge < -0.3 is 0 Å². The molecule has 86 valence electrons. The maximum absolute atomic E-state index is 13.1. The van der Waals surface area contributed by atoms with E-state index in [0.717, 1.165) is 23.5 Å². The molecule has 0 N–H and O–H groups in total. The van der Waals surface area contributed by atoms with Crippen molar-refractivity contribution >= 4 is 29.2 Å². The number of benzene rings is 1. The van der Waals surface area contributed by atoms with Crippen LogP contribution in [0.4, 0.5) is 10.1 Å². The van der Waals surface area contributed by atoms with E-state index < -0.39 is 16.4 Å². The maximum atomic E-state index is 13.1. The molecular weight excluding hydrogens is 249 g/mol. The first-order chi connectivity index (χ1) is 7.68. The van der Waals surface area contributed by atoms with Crippen molar-refractivity contribution in [2.24, 2.45) is 0 Å². The number of hydrogen-bond donors (Lipinski definition) is 0. The number of nitrogens with zero attached hydrogens (tertiary/aromatic N) is 1. The predicted molar refractivity (Wildman–Crippen MR) is 65.3 cm³/mol. The first kappa shape index (κ1) is 11.7. The molecule has 0 spiro atoms. The van der Waals surface area contributed by atoms with Crippen LogP contribution >= 0.6 is 23.5 Å². The van der Waals surface area contributed by atoms with Crippen molar-refractivity contribution < 1.29 is 9.31 Å². The second-order valence-corrected chi connectivity index (χ2v) is 6.12. The largest absolute Gasteiger partial charge is 0.305 e. The van der Waals surface area contributed by atoms with Crippen LogP contribution in [0, 0.1) is 15.9 Å². The number of halogens is 1.